The number of nitrogens with zero attached hydrogens (tertiary/aromatic N) is 3. The van der Waals surface area contributed by atoms with Gasteiger partial charge in [-0.25, -0.2) is 9.97 Å². The van der Waals surface area contributed by atoms with E-state index in [1.54, 1.807) is 12.3 Å². The van der Waals surface area contributed by atoms with Crippen molar-refractivity contribution in [2.24, 2.45) is 0 Å². The number of rotatable bonds is 3. The molecule has 2 aromatic heterocycles. The molecule has 26 heavy (non-hydrogen) atoms. The van der Waals surface area contributed by atoms with Crippen molar-refractivity contribution >= 4 is 57.4 Å². The van der Waals surface area contributed by atoms with Crippen LogP contribution in [0.25, 0.3) is 22.4 Å². The first-order valence-corrected chi connectivity index (χ1v) is 9.25. The van der Waals surface area contributed by atoms with E-state index in [0.717, 1.165) is 22.2 Å². The minimum absolute atomic E-state index is 0.386. The van der Waals surface area contributed by atoms with Gasteiger partial charge in [-0.3, -0.25) is 0 Å². The van der Waals surface area contributed by atoms with Crippen molar-refractivity contribution in [1.29, 1.82) is 0 Å². The van der Waals surface area contributed by atoms with Gasteiger partial charge in [0.05, 0.1) is 26.6 Å². The van der Waals surface area contributed by atoms with Crippen molar-refractivity contribution < 1.29 is 0 Å². The van der Waals surface area contributed by atoms with Gasteiger partial charge in [-0.2, -0.15) is 0 Å². The molecule has 2 aromatic carbocycles. The predicted molar refractivity (Wildman–Crippen MR) is 109 cm³/mol. The van der Waals surface area contributed by atoms with E-state index in [9.17, 15) is 0 Å². The Morgan fingerprint density at radius 3 is 2.35 bits per heavy atom. The second-order valence-electron chi connectivity index (χ2n) is 5.74. The van der Waals surface area contributed by atoms with Crippen LogP contribution < -0.4 is 0 Å². The van der Waals surface area contributed by atoms with Crippen LogP contribution in [0.4, 0.5) is 0 Å². The molecule has 4 aromatic rings. The van der Waals surface area contributed by atoms with E-state index in [-0.39, 0.29) is 0 Å². The number of halogens is 4. The van der Waals surface area contributed by atoms with Gasteiger partial charge >= 0.3 is 0 Å². The number of fused-ring (bicyclic) bond motifs is 1. The maximum absolute atomic E-state index is 6.31. The molecule has 0 bridgehead atoms. The molecule has 0 N–H and O–H groups in total. The summed E-state index contributed by atoms with van der Waals surface area (Å²) in [5.41, 5.74) is 3.42. The highest BCUT2D eigenvalue weighted by Gasteiger charge is 2.17. The zero-order valence-corrected chi connectivity index (χ0v) is 16.3. The standard InChI is InChI=1S/C19H11Cl4N3/c20-12-5-3-11(4-6-12)10-26-17-9-15(22)14(21)8-16(17)25-19(26)13-2-1-7-24-18(13)23/h1-9H,10H2. The van der Waals surface area contributed by atoms with Crippen LogP contribution in [0.15, 0.2) is 54.7 Å². The van der Waals surface area contributed by atoms with Crippen LogP contribution in [0.5, 0.6) is 0 Å². The third-order valence-electron chi connectivity index (χ3n) is 4.04. The Morgan fingerprint density at radius 1 is 0.885 bits per heavy atom. The summed E-state index contributed by atoms with van der Waals surface area (Å²) in [6.07, 6.45) is 1.64. The fourth-order valence-electron chi connectivity index (χ4n) is 2.81. The summed E-state index contributed by atoms with van der Waals surface area (Å²) in [5.74, 6) is 0.700. The maximum atomic E-state index is 6.31. The average Bonchev–Trinajstić information content (AvgIpc) is 2.95. The van der Waals surface area contributed by atoms with Crippen molar-refractivity contribution in [2.75, 3.05) is 0 Å². The van der Waals surface area contributed by atoms with Crippen LogP contribution in [0.3, 0.4) is 0 Å². The third-order valence-corrected chi connectivity index (χ3v) is 5.32. The van der Waals surface area contributed by atoms with Crippen molar-refractivity contribution in [3.8, 4) is 11.4 Å². The lowest BCUT2D eigenvalue weighted by Gasteiger charge is -2.11. The van der Waals surface area contributed by atoms with E-state index in [1.165, 1.54) is 0 Å². The van der Waals surface area contributed by atoms with E-state index >= 15 is 0 Å². The summed E-state index contributed by atoms with van der Waals surface area (Å²) >= 11 is 24.7. The topological polar surface area (TPSA) is 30.7 Å². The van der Waals surface area contributed by atoms with Gasteiger partial charge in [-0.1, -0.05) is 58.5 Å². The summed E-state index contributed by atoms with van der Waals surface area (Å²) in [7, 11) is 0. The molecule has 4 rings (SSSR count). The minimum atomic E-state index is 0.386. The Labute approximate surface area is 170 Å². The number of imidazole rings is 1. The first kappa shape index (κ1) is 17.6. The maximum Gasteiger partial charge on any atom is 0.144 e. The Bertz CT molecular complexity index is 1100. The molecule has 0 radical (unpaired) electrons. The van der Waals surface area contributed by atoms with E-state index < -0.39 is 0 Å². The Balaban J connectivity index is 1.95. The van der Waals surface area contributed by atoms with Crippen LogP contribution in [-0.4, -0.2) is 14.5 Å². The molecule has 3 nitrogen and oxygen atoms in total. The van der Waals surface area contributed by atoms with Crippen LogP contribution >= 0.6 is 46.4 Å². The highest BCUT2D eigenvalue weighted by atomic mass is 35.5. The molecule has 0 saturated carbocycles. The Kier molecular flexibility index (Phi) is 4.80. The SMILES string of the molecule is Clc1ccc(Cn2c(-c3cccnc3Cl)nc3cc(Cl)c(Cl)cc32)cc1. The summed E-state index contributed by atoms with van der Waals surface area (Å²) in [6.45, 7) is 0.576. The molecule has 0 aliphatic rings. The van der Waals surface area contributed by atoms with Gasteiger partial charge < -0.3 is 4.57 Å². The van der Waals surface area contributed by atoms with Crippen LogP contribution in [0, 0.1) is 0 Å². The zero-order valence-electron chi connectivity index (χ0n) is 13.3. The van der Waals surface area contributed by atoms with Gasteiger partial charge in [-0.05, 0) is 42.0 Å². The molecule has 0 saturated heterocycles. The number of pyridine rings is 1. The van der Waals surface area contributed by atoms with Crippen molar-refractivity contribution in [2.45, 2.75) is 6.54 Å². The number of aromatic nitrogens is 3. The van der Waals surface area contributed by atoms with E-state index in [4.69, 9.17) is 51.4 Å². The number of hydrogen-bond donors (Lipinski definition) is 0. The van der Waals surface area contributed by atoms with Gasteiger partial charge in [0.15, 0.2) is 0 Å². The lowest BCUT2D eigenvalue weighted by atomic mass is 10.2. The molecule has 0 aliphatic carbocycles. The van der Waals surface area contributed by atoms with Crippen molar-refractivity contribution in [3.05, 3.63) is 80.5 Å². The molecular formula is C19H11Cl4N3. The summed E-state index contributed by atoms with van der Waals surface area (Å²) in [6, 6.07) is 14.9. The third kappa shape index (κ3) is 3.28. The zero-order chi connectivity index (χ0) is 18.3. The van der Waals surface area contributed by atoms with Crippen LogP contribution in [0.1, 0.15) is 5.56 Å². The summed E-state index contributed by atoms with van der Waals surface area (Å²) in [5, 5.41) is 2.01. The monoisotopic (exact) mass is 421 g/mol. The highest BCUT2D eigenvalue weighted by molar-refractivity contribution is 6.42. The fourth-order valence-corrected chi connectivity index (χ4v) is 3.46. The van der Waals surface area contributed by atoms with Crippen molar-refractivity contribution in [1.82, 2.24) is 14.5 Å². The number of benzene rings is 2. The smallest absolute Gasteiger partial charge is 0.144 e. The number of hydrogen-bond acceptors (Lipinski definition) is 2. The lowest BCUT2D eigenvalue weighted by molar-refractivity contribution is 0.834. The van der Waals surface area contributed by atoms with Gasteiger partial charge in [0, 0.05) is 17.8 Å². The van der Waals surface area contributed by atoms with Crippen LogP contribution in [-0.2, 0) is 6.54 Å². The Hall–Kier alpha value is -1.78. The van der Waals surface area contributed by atoms with E-state index in [0.29, 0.717) is 32.6 Å². The first-order valence-electron chi connectivity index (χ1n) is 7.73. The highest BCUT2D eigenvalue weighted by Crippen LogP contribution is 2.33. The second-order valence-corrected chi connectivity index (χ2v) is 7.35. The average molecular weight is 423 g/mol. The molecule has 0 unspecified atom stereocenters. The van der Waals surface area contributed by atoms with Gasteiger partial charge in [0.1, 0.15) is 11.0 Å². The lowest BCUT2D eigenvalue weighted by Crippen LogP contribution is -2.03. The largest absolute Gasteiger partial charge is 0.319 e. The summed E-state index contributed by atoms with van der Waals surface area (Å²) in [4.78, 5) is 8.89. The molecule has 0 spiro atoms. The molecule has 130 valence electrons. The van der Waals surface area contributed by atoms with E-state index in [2.05, 4.69) is 4.98 Å². The summed E-state index contributed by atoms with van der Waals surface area (Å²) < 4.78 is 2.05. The van der Waals surface area contributed by atoms with Gasteiger partial charge in [0.25, 0.3) is 0 Å². The molecule has 7 heteroatoms. The van der Waals surface area contributed by atoms with Gasteiger partial charge in [0.2, 0.25) is 0 Å². The Morgan fingerprint density at radius 2 is 1.62 bits per heavy atom. The fraction of sp³-hybridized carbons (Fsp3) is 0.0526. The second kappa shape index (κ2) is 7.09. The van der Waals surface area contributed by atoms with E-state index in [1.807, 2.05) is 47.0 Å². The van der Waals surface area contributed by atoms with Crippen molar-refractivity contribution in [3.63, 3.8) is 0 Å². The minimum Gasteiger partial charge on any atom is -0.319 e. The first-order chi connectivity index (χ1) is 12.5. The molecule has 0 fully saturated rings. The predicted octanol–water partition coefficient (Wildman–Crippen LogP) is 6.76. The molecule has 2 heterocycles. The molecule has 0 aliphatic heterocycles. The normalized spacial score (nSPS) is 11.2. The molecule has 0 amide bonds. The molecule has 0 atom stereocenters. The van der Waals surface area contributed by atoms with Crippen LogP contribution in [0.2, 0.25) is 20.2 Å². The quantitative estimate of drug-likeness (QED) is 0.341. The van der Waals surface area contributed by atoms with Gasteiger partial charge in [-0.15, -0.1) is 0 Å². The molecular weight excluding hydrogens is 412 g/mol.